The molecule has 1 N–H and O–H groups in total. The monoisotopic (exact) mass is 590 g/mol. The van der Waals surface area contributed by atoms with Gasteiger partial charge in [0.15, 0.2) is 17.3 Å². The number of amides is 2. The number of hydrogen-bond donors (Lipinski definition) is 1. The van der Waals surface area contributed by atoms with Gasteiger partial charge in [0.25, 0.3) is 5.56 Å². The molecule has 2 saturated heterocycles. The molecule has 0 aliphatic carbocycles. The first-order chi connectivity index (χ1) is 20.9. The van der Waals surface area contributed by atoms with Crippen LogP contribution in [0.4, 0.5) is 0 Å². The average Bonchev–Trinajstić information content (AvgIpc) is 3.59. The second-order valence-electron chi connectivity index (χ2n) is 10.7. The summed E-state index contributed by atoms with van der Waals surface area (Å²) >= 11 is 0. The Morgan fingerprint density at radius 2 is 1.63 bits per heavy atom. The predicted molar refractivity (Wildman–Crippen MR) is 159 cm³/mol. The zero-order valence-electron chi connectivity index (χ0n) is 24.7. The molecule has 12 nitrogen and oxygen atoms in total. The van der Waals surface area contributed by atoms with E-state index in [1.54, 1.807) is 37.3 Å². The molecule has 43 heavy (non-hydrogen) atoms. The first-order valence-corrected chi connectivity index (χ1v) is 14.6. The molecule has 2 fully saturated rings. The SMILES string of the molecule is COc1cccc(COc2ccc(-c3nnc(CCC(=O)N4CCN(CC(=O)N5CCCC5)CC4)c(=O)[nH]3)cc2OC)c1. The van der Waals surface area contributed by atoms with Crippen molar-refractivity contribution in [2.24, 2.45) is 0 Å². The molecule has 0 spiro atoms. The van der Waals surface area contributed by atoms with E-state index in [9.17, 15) is 14.4 Å². The number of carbonyl (C=O) groups excluding carboxylic acids is 2. The topological polar surface area (TPSA) is 130 Å². The van der Waals surface area contributed by atoms with Gasteiger partial charge in [-0.3, -0.25) is 19.3 Å². The molecule has 0 bridgehead atoms. The molecule has 5 rings (SSSR count). The van der Waals surface area contributed by atoms with Crippen LogP contribution in [0.3, 0.4) is 0 Å². The van der Waals surface area contributed by atoms with Gasteiger partial charge in [0.2, 0.25) is 11.8 Å². The molecule has 0 radical (unpaired) electrons. The van der Waals surface area contributed by atoms with E-state index < -0.39 is 0 Å². The van der Waals surface area contributed by atoms with Gasteiger partial charge in [-0.25, -0.2) is 0 Å². The number of nitrogens with one attached hydrogen (secondary N) is 1. The van der Waals surface area contributed by atoms with Crippen LogP contribution in [0.15, 0.2) is 47.3 Å². The maximum Gasteiger partial charge on any atom is 0.273 e. The minimum atomic E-state index is -0.389. The van der Waals surface area contributed by atoms with Crippen molar-refractivity contribution in [3.8, 4) is 28.6 Å². The van der Waals surface area contributed by atoms with Crippen LogP contribution in [0.25, 0.3) is 11.4 Å². The third-order valence-electron chi connectivity index (χ3n) is 7.85. The zero-order valence-corrected chi connectivity index (χ0v) is 24.7. The molecule has 3 heterocycles. The van der Waals surface area contributed by atoms with E-state index >= 15 is 0 Å². The molecule has 2 aliphatic rings. The van der Waals surface area contributed by atoms with Crippen molar-refractivity contribution in [2.75, 3.05) is 60.0 Å². The Hall–Kier alpha value is -4.45. The summed E-state index contributed by atoms with van der Waals surface area (Å²) in [7, 11) is 3.16. The minimum Gasteiger partial charge on any atom is -0.497 e. The molecule has 0 saturated carbocycles. The number of benzene rings is 2. The summed E-state index contributed by atoms with van der Waals surface area (Å²) in [5.41, 5.74) is 1.37. The quantitative estimate of drug-likeness (QED) is 0.357. The number of carbonyl (C=O) groups is 2. The fourth-order valence-corrected chi connectivity index (χ4v) is 5.31. The molecule has 2 amide bonds. The fraction of sp³-hybridized carbons (Fsp3) is 0.452. The van der Waals surface area contributed by atoms with E-state index in [-0.39, 0.29) is 41.7 Å². The number of ether oxygens (including phenoxy) is 3. The Labute approximate surface area is 250 Å². The second kappa shape index (κ2) is 14.1. The number of aromatic nitrogens is 3. The number of hydrogen-bond acceptors (Lipinski definition) is 9. The van der Waals surface area contributed by atoms with Crippen molar-refractivity contribution in [1.82, 2.24) is 29.9 Å². The molecular weight excluding hydrogens is 552 g/mol. The van der Waals surface area contributed by atoms with Crippen LogP contribution < -0.4 is 19.8 Å². The van der Waals surface area contributed by atoms with E-state index in [2.05, 4.69) is 20.1 Å². The maximum atomic E-state index is 12.8. The summed E-state index contributed by atoms with van der Waals surface area (Å²) in [5.74, 6) is 2.20. The number of likely N-dealkylation sites (tertiary alicyclic amines) is 1. The fourth-order valence-electron chi connectivity index (χ4n) is 5.31. The van der Waals surface area contributed by atoms with Crippen molar-refractivity contribution in [3.05, 3.63) is 64.1 Å². The lowest BCUT2D eigenvalue weighted by molar-refractivity contribution is -0.134. The van der Waals surface area contributed by atoms with Crippen LogP contribution in [0, 0.1) is 0 Å². The third-order valence-corrected chi connectivity index (χ3v) is 7.85. The first-order valence-electron chi connectivity index (χ1n) is 14.6. The Kier molecular flexibility index (Phi) is 9.88. The van der Waals surface area contributed by atoms with Crippen molar-refractivity contribution in [1.29, 1.82) is 0 Å². The van der Waals surface area contributed by atoms with Gasteiger partial charge in [0.1, 0.15) is 18.1 Å². The maximum absolute atomic E-state index is 12.8. The summed E-state index contributed by atoms with van der Waals surface area (Å²) in [6, 6.07) is 12.9. The largest absolute Gasteiger partial charge is 0.497 e. The Morgan fingerprint density at radius 1 is 0.860 bits per heavy atom. The summed E-state index contributed by atoms with van der Waals surface area (Å²) in [6.07, 6.45) is 2.51. The van der Waals surface area contributed by atoms with E-state index in [4.69, 9.17) is 14.2 Å². The van der Waals surface area contributed by atoms with Crippen LogP contribution in [-0.2, 0) is 22.6 Å². The van der Waals surface area contributed by atoms with Crippen molar-refractivity contribution < 1.29 is 23.8 Å². The van der Waals surface area contributed by atoms with Gasteiger partial charge in [0, 0.05) is 57.7 Å². The van der Waals surface area contributed by atoms with Crippen LogP contribution in [0.2, 0.25) is 0 Å². The van der Waals surface area contributed by atoms with Gasteiger partial charge >= 0.3 is 0 Å². The van der Waals surface area contributed by atoms with E-state index in [0.29, 0.717) is 56.4 Å². The lowest BCUT2D eigenvalue weighted by atomic mass is 10.1. The number of methoxy groups -OCH3 is 2. The number of aryl methyl sites for hydroxylation is 1. The predicted octanol–water partition coefficient (Wildman–Crippen LogP) is 2.13. The van der Waals surface area contributed by atoms with Crippen LogP contribution >= 0.6 is 0 Å². The first kappa shape index (κ1) is 30.0. The number of H-pyrrole nitrogens is 1. The molecule has 0 atom stereocenters. The van der Waals surface area contributed by atoms with E-state index in [1.807, 2.05) is 29.2 Å². The average molecular weight is 591 g/mol. The highest BCUT2D eigenvalue weighted by molar-refractivity contribution is 5.79. The lowest BCUT2D eigenvalue weighted by Crippen LogP contribution is -2.51. The van der Waals surface area contributed by atoms with Crippen molar-refractivity contribution >= 4 is 11.8 Å². The number of rotatable bonds is 11. The van der Waals surface area contributed by atoms with Crippen molar-refractivity contribution in [2.45, 2.75) is 32.3 Å². The van der Waals surface area contributed by atoms with Crippen LogP contribution in [0.5, 0.6) is 17.2 Å². The molecular formula is C31H38N6O6. The molecule has 228 valence electrons. The minimum absolute atomic E-state index is 0.0370. The molecule has 0 unspecified atom stereocenters. The van der Waals surface area contributed by atoms with Gasteiger partial charge in [-0.05, 0) is 48.7 Å². The van der Waals surface area contributed by atoms with Crippen molar-refractivity contribution in [3.63, 3.8) is 0 Å². The highest BCUT2D eigenvalue weighted by Crippen LogP contribution is 2.32. The molecule has 2 aromatic carbocycles. The Balaban J connectivity index is 1.12. The molecule has 1 aromatic heterocycles. The van der Waals surface area contributed by atoms with Crippen LogP contribution in [-0.4, -0.2) is 102 Å². The highest BCUT2D eigenvalue weighted by Gasteiger charge is 2.25. The zero-order chi connectivity index (χ0) is 30.2. The van der Waals surface area contributed by atoms with E-state index in [1.165, 1.54) is 0 Å². The molecule has 12 heteroatoms. The Bertz CT molecular complexity index is 1480. The number of nitrogens with zero attached hydrogens (tertiary/aromatic N) is 5. The van der Waals surface area contributed by atoms with Gasteiger partial charge in [-0.15, -0.1) is 10.2 Å². The summed E-state index contributed by atoms with van der Waals surface area (Å²) in [6.45, 7) is 4.88. The standard InChI is InChI=1S/C31H38N6O6/c1-41-24-7-5-6-22(18-24)21-43-26-10-8-23(19-27(26)42-2)30-32-31(40)25(33-34-30)9-11-28(38)37-16-14-35(15-17-37)20-29(39)36-12-3-4-13-36/h5-8,10,18-19H,3-4,9,11-17,20-21H2,1-2H3,(H,32,34,40). The molecule has 3 aromatic rings. The van der Waals surface area contributed by atoms with Crippen LogP contribution in [0.1, 0.15) is 30.5 Å². The van der Waals surface area contributed by atoms with Gasteiger partial charge < -0.3 is 29.0 Å². The number of piperazine rings is 1. The summed E-state index contributed by atoms with van der Waals surface area (Å²) in [5, 5.41) is 8.33. The van der Waals surface area contributed by atoms with Gasteiger partial charge in [-0.1, -0.05) is 12.1 Å². The number of aromatic amines is 1. The summed E-state index contributed by atoms with van der Waals surface area (Å²) < 4.78 is 16.7. The third kappa shape index (κ3) is 7.69. The summed E-state index contributed by atoms with van der Waals surface area (Å²) in [4.78, 5) is 46.6. The second-order valence-corrected chi connectivity index (χ2v) is 10.7. The smallest absolute Gasteiger partial charge is 0.273 e. The van der Waals surface area contributed by atoms with E-state index in [0.717, 1.165) is 37.2 Å². The molecule has 2 aliphatic heterocycles. The normalized spacial score (nSPS) is 15.4. The lowest BCUT2D eigenvalue weighted by Gasteiger charge is -2.35. The Morgan fingerprint density at radius 3 is 2.35 bits per heavy atom. The highest BCUT2D eigenvalue weighted by atomic mass is 16.5. The van der Waals surface area contributed by atoms with Gasteiger partial charge in [0.05, 0.1) is 20.8 Å². The van der Waals surface area contributed by atoms with Gasteiger partial charge in [-0.2, -0.15) is 0 Å².